The highest BCUT2D eigenvalue weighted by Crippen LogP contribution is 2.37. The van der Waals surface area contributed by atoms with Crippen molar-refractivity contribution < 1.29 is 14.1 Å². The number of allylic oxidation sites excluding steroid dienone is 1. The first-order valence-electron chi connectivity index (χ1n) is 12.5. The smallest absolute Gasteiger partial charge is 0.339 e. The van der Waals surface area contributed by atoms with Crippen LogP contribution < -0.4 is 0 Å². The molecule has 5 heteroatoms. The first-order chi connectivity index (χ1) is 17.2. The zero-order valence-corrected chi connectivity index (χ0v) is 21.6. The minimum absolute atomic E-state index is 0.114. The van der Waals surface area contributed by atoms with Gasteiger partial charge in [0.2, 0.25) is 0 Å². The maximum atomic E-state index is 13.5. The number of ether oxygens (including phenoxy) is 1. The van der Waals surface area contributed by atoms with Crippen LogP contribution in [0.5, 0.6) is 0 Å². The Hall–Kier alpha value is -3.73. The number of esters is 1. The van der Waals surface area contributed by atoms with Crippen LogP contribution in [0.3, 0.4) is 0 Å². The molecule has 5 rings (SSSR count). The highest BCUT2D eigenvalue weighted by Gasteiger charge is 2.26. The van der Waals surface area contributed by atoms with E-state index in [1.165, 1.54) is 5.56 Å². The zero-order valence-electron chi connectivity index (χ0n) is 21.6. The van der Waals surface area contributed by atoms with Gasteiger partial charge in [-0.25, -0.2) is 9.78 Å². The lowest BCUT2D eigenvalue weighted by Crippen LogP contribution is -2.15. The molecular weight excluding hydrogens is 448 g/mol. The lowest BCUT2D eigenvalue weighted by Gasteiger charge is -2.23. The third kappa shape index (κ3) is 4.58. The Balaban J connectivity index is 1.55. The average Bonchev–Trinajstić information content (AvgIpc) is 3.18. The van der Waals surface area contributed by atoms with Crippen LogP contribution in [-0.2, 0) is 23.2 Å². The summed E-state index contributed by atoms with van der Waals surface area (Å²) in [5.41, 5.74) is 8.58. The van der Waals surface area contributed by atoms with Crippen molar-refractivity contribution in [1.29, 1.82) is 0 Å². The molecule has 0 aliphatic heterocycles. The van der Waals surface area contributed by atoms with Gasteiger partial charge in [-0.15, -0.1) is 0 Å². The van der Waals surface area contributed by atoms with Gasteiger partial charge in [0.15, 0.2) is 0 Å². The fraction of sp³-hybridized carbons (Fsp3) is 0.323. The molecule has 184 valence electrons. The van der Waals surface area contributed by atoms with E-state index in [0.717, 1.165) is 63.8 Å². The van der Waals surface area contributed by atoms with Gasteiger partial charge in [-0.2, -0.15) is 0 Å². The van der Waals surface area contributed by atoms with Crippen LogP contribution >= 0.6 is 0 Å². The molecule has 2 aromatic carbocycles. The molecule has 5 nitrogen and oxygen atoms in total. The number of benzene rings is 2. The second kappa shape index (κ2) is 9.38. The number of nitrogens with zero attached hydrogens (tertiary/aromatic N) is 2. The number of carbonyl (C=O) groups excluding carboxylic acids is 1. The topological polar surface area (TPSA) is 65.2 Å². The van der Waals surface area contributed by atoms with E-state index >= 15 is 0 Å². The maximum Gasteiger partial charge on any atom is 0.339 e. The molecule has 0 radical (unpaired) electrons. The normalized spacial score (nSPS) is 14.8. The summed E-state index contributed by atoms with van der Waals surface area (Å²) in [7, 11) is 0. The molecule has 0 atom stereocenters. The molecule has 0 unspecified atom stereocenters. The van der Waals surface area contributed by atoms with Gasteiger partial charge in [0.05, 0.1) is 28.0 Å². The van der Waals surface area contributed by atoms with Gasteiger partial charge in [-0.3, -0.25) is 0 Å². The SMILES string of the molecule is Cc1noc(C)c1COC(=O)c1c2c(nc3ccccc13)C(=Cc1ccc(C(C)(C)C)cc1)CCC2. The summed E-state index contributed by atoms with van der Waals surface area (Å²) in [6, 6.07) is 16.5. The number of aryl methyl sites for hydroxylation is 2. The van der Waals surface area contributed by atoms with Crippen molar-refractivity contribution in [2.24, 2.45) is 0 Å². The van der Waals surface area contributed by atoms with E-state index in [1.54, 1.807) is 0 Å². The number of hydrogen-bond donors (Lipinski definition) is 0. The second-order valence-corrected chi connectivity index (χ2v) is 10.6. The first-order valence-corrected chi connectivity index (χ1v) is 12.5. The molecule has 0 bridgehead atoms. The van der Waals surface area contributed by atoms with Crippen LogP contribution in [0.2, 0.25) is 0 Å². The molecule has 0 saturated heterocycles. The van der Waals surface area contributed by atoms with Gasteiger partial charge in [-0.05, 0) is 72.9 Å². The van der Waals surface area contributed by atoms with Crippen LogP contribution in [0.25, 0.3) is 22.6 Å². The highest BCUT2D eigenvalue weighted by atomic mass is 16.5. The van der Waals surface area contributed by atoms with E-state index in [2.05, 4.69) is 56.3 Å². The van der Waals surface area contributed by atoms with Crippen LogP contribution in [0.4, 0.5) is 0 Å². The number of rotatable bonds is 4. The maximum absolute atomic E-state index is 13.5. The van der Waals surface area contributed by atoms with Crippen molar-refractivity contribution in [2.75, 3.05) is 0 Å². The van der Waals surface area contributed by atoms with E-state index in [9.17, 15) is 4.79 Å². The Bertz CT molecular complexity index is 1450. The van der Waals surface area contributed by atoms with Crippen LogP contribution in [0.15, 0.2) is 53.1 Å². The lowest BCUT2D eigenvalue weighted by atomic mass is 9.85. The molecule has 0 saturated carbocycles. The predicted octanol–water partition coefficient (Wildman–Crippen LogP) is 7.37. The molecule has 4 aromatic rings. The molecule has 36 heavy (non-hydrogen) atoms. The van der Waals surface area contributed by atoms with E-state index in [0.29, 0.717) is 11.3 Å². The van der Waals surface area contributed by atoms with E-state index in [1.807, 2.05) is 38.1 Å². The largest absolute Gasteiger partial charge is 0.457 e. The standard InChI is InChI=1S/C31H32N2O3/c1-19-26(20(2)36-33-19)18-35-30(34)28-24-10-6-7-12-27(24)32-29-22(9-8-11-25(28)29)17-21-13-15-23(16-14-21)31(3,4)5/h6-7,10,12-17H,8-9,11,18H2,1-5H3. The third-order valence-electron chi connectivity index (χ3n) is 7.02. The third-order valence-corrected chi connectivity index (χ3v) is 7.02. The molecule has 0 amide bonds. The average molecular weight is 481 g/mol. The molecule has 1 aliphatic carbocycles. The number of fused-ring (bicyclic) bond motifs is 2. The van der Waals surface area contributed by atoms with Crippen LogP contribution in [0, 0.1) is 13.8 Å². The zero-order chi connectivity index (χ0) is 25.4. The summed E-state index contributed by atoms with van der Waals surface area (Å²) in [4.78, 5) is 18.6. The molecular formula is C31H32N2O3. The number of para-hydroxylation sites is 1. The summed E-state index contributed by atoms with van der Waals surface area (Å²) < 4.78 is 11.1. The molecule has 2 heterocycles. The summed E-state index contributed by atoms with van der Waals surface area (Å²) in [5, 5.41) is 4.80. The summed E-state index contributed by atoms with van der Waals surface area (Å²) in [6.45, 7) is 10.5. The Kier molecular flexibility index (Phi) is 6.25. The van der Waals surface area contributed by atoms with E-state index in [-0.39, 0.29) is 18.0 Å². The van der Waals surface area contributed by atoms with Crippen LogP contribution in [0.1, 0.15) is 83.4 Å². The Labute approximate surface area is 212 Å². The van der Waals surface area contributed by atoms with Gasteiger partial charge in [0, 0.05) is 5.39 Å². The molecule has 2 aromatic heterocycles. The first kappa shape index (κ1) is 24.0. The number of pyridine rings is 1. The van der Waals surface area contributed by atoms with E-state index in [4.69, 9.17) is 14.2 Å². The molecule has 0 N–H and O–H groups in total. The lowest BCUT2D eigenvalue weighted by molar-refractivity contribution is 0.0471. The van der Waals surface area contributed by atoms with Gasteiger partial charge in [0.25, 0.3) is 0 Å². The molecule has 0 fully saturated rings. The number of carbonyl (C=O) groups is 1. The second-order valence-electron chi connectivity index (χ2n) is 10.6. The summed E-state index contributed by atoms with van der Waals surface area (Å²) >= 11 is 0. The Morgan fingerprint density at radius 3 is 2.50 bits per heavy atom. The fourth-order valence-electron chi connectivity index (χ4n) is 4.91. The van der Waals surface area contributed by atoms with Crippen molar-refractivity contribution >= 4 is 28.5 Å². The summed E-state index contributed by atoms with van der Waals surface area (Å²) in [5.74, 6) is 0.338. The predicted molar refractivity (Wildman–Crippen MR) is 143 cm³/mol. The van der Waals surface area contributed by atoms with Crippen molar-refractivity contribution in [3.8, 4) is 0 Å². The minimum Gasteiger partial charge on any atom is -0.457 e. The number of hydrogen-bond acceptors (Lipinski definition) is 5. The molecule has 1 aliphatic rings. The summed E-state index contributed by atoms with van der Waals surface area (Å²) in [6.07, 6.45) is 4.89. The van der Waals surface area contributed by atoms with Gasteiger partial charge in [-0.1, -0.05) is 68.4 Å². The van der Waals surface area contributed by atoms with Crippen LogP contribution in [-0.4, -0.2) is 16.1 Å². The Morgan fingerprint density at radius 2 is 1.81 bits per heavy atom. The van der Waals surface area contributed by atoms with Crippen molar-refractivity contribution in [3.63, 3.8) is 0 Å². The van der Waals surface area contributed by atoms with Crippen molar-refractivity contribution in [3.05, 3.63) is 93.5 Å². The van der Waals surface area contributed by atoms with Crippen molar-refractivity contribution in [1.82, 2.24) is 10.1 Å². The van der Waals surface area contributed by atoms with E-state index < -0.39 is 0 Å². The quantitative estimate of drug-likeness (QED) is 0.285. The number of aromatic nitrogens is 2. The van der Waals surface area contributed by atoms with Gasteiger partial charge < -0.3 is 9.26 Å². The monoisotopic (exact) mass is 480 g/mol. The van der Waals surface area contributed by atoms with Gasteiger partial charge >= 0.3 is 5.97 Å². The Morgan fingerprint density at radius 1 is 1.06 bits per heavy atom. The fourth-order valence-corrected chi connectivity index (χ4v) is 4.91. The van der Waals surface area contributed by atoms with Gasteiger partial charge in [0.1, 0.15) is 12.4 Å². The minimum atomic E-state index is -0.333. The highest BCUT2D eigenvalue weighted by molar-refractivity contribution is 6.06. The molecule has 0 spiro atoms. The van der Waals surface area contributed by atoms with Crippen molar-refractivity contribution in [2.45, 2.75) is 65.9 Å².